The summed E-state index contributed by atoms with van der Waals surface area (Å²) in [7, 11) is 1.91. The maximum Gasteiger partial charge on any atom is 0.226 e. The average Bonchev–Trinajstić information content (AvgIpc) is 2.32. The van der Waals surface area contributed by atoms with Crippen LogP contribution in [0.2, 0.25) is 0 Å². The van der Waals surface area contributed by atoms with Crippen molar-refractivity contribution in [2.24, 2.45) is 5.92 Å². The highest BCUT2D eigenvalue weighted by atomic mass is 16.2. The van der Waals surface area contributed by atoms with Gasteiger partial charge in [-0.1, -0.05) is 20.3 Å². The lowest BCUT2D eigenvalue weighted by atomic mass is 10.1. The van der Waals surface area contributed by atoms with Gasteiger partial charge in [0, 0.05) is 38.6 Å². The molecule has 1 aliphatic heterocycles. The van der Waals surface area contributed by atoms with Gasteiger partial charge in [-0.25, -0.2) is 0 Å². The van der Waals surface area contributed by atoms with Crippen LogP contribution < -0.4 is 0 Å². The van der Waals surface area contributed by atoms with Crippen molar-refractivity contribution in [3.63, 3.8) is 0 Å². The normalized spacial score (nSPS) is 26.5. The third-order valence-electron chi connectivity index (χ3n) is 3.36. The van der Waals surface area contributed by atoms with Gasteiger partial charge in [0.15, 0.2) is 0 Å². The van der Waals surface area contributed by atoms with Gasteiger partial charge in [-0.3, -0.25) is 9.69 Å². The molecule has 2 unspecified atom stereocenters. The fraction of sp³-hybridized carbons (Fsp3) is 0.917. The van der Waals surface area contributed by atoms with Crippen LogP contribution >= 0.6 is 0 Å². The van der Waals surface area contributed by atoms with E-state index in [0.717, 1.165) is 19.6 Å². The summed E-state index contributed by atoms with van der Waals surface area (Å²) in [6, 6.07) is 0.608. The van der Waals surface area contributed by atoms with Crippen molar-refractivity contribution >= 4 is 5.91 Å². The van der Waals surface area contributed by atoms with E-state index in [1.165, 1.54) is 12.8 Å². The monoisotopic (exact) mass is 212 g/mol. The fourth-order valence-corrected chi connectivity index (χ4v) is 2.29. The highest BCUT2D eigenvalue weighted by molar-refractivity contribution is 5.78. The van der Waals surface area contributed by atoms with Gasteiger partial charge >= 0.3 is 0 Å². The van der Waals surface area contributed by atoms with E-state index in [2.05, 4.69) is 18.7 Å². The molecule has 0 radical (unpaired) electrons. The summed E-state index contributed by atoms with van der Waals surface area (Å²) in [6.07, 6.45) is 2.44. The zero-order valence-electron chi connectivity index (χ0n) is 10.5. The lowest BCUT2D eigenvalue weighted by Gasteiger charge is -2.28. The fourth-order valence-electron chi connectivity index (χ4n) is 2.29. The van der Waals surface area contributed by atoms with Crippen LogP contribution in [-0.4, -0.2) is 48.4 Å². The second-order valence-corrected chi connectivity index (χ2v) is 4.79. The van der Waals surface area contributed by atoms with E-state index in [1.54, 1.807) is 0 Å². The van der Waals surface area contributed by atoms with Crippen LogP contribution in [0.25, 0.3) is 0 Å². The lowest BCUT2D eigenvalue weighted by Crippen LogP contribution is -2.37. The SMILES string of the molecule is CCCC(C)N1CCN(C)C(=O)C(C)C1. The maximum atomic E-state index is 11.8. The molecule has 1 saturated heterocycles. The number of carbonyl (C=O) groups excluding carboxylic acids is 1. The number of carbonyl (C=O) groups is 1. The molecule has 0 bridgehead atoms. The summed E-state index contributed by atoms with van der Waals surface area (Å²) in [5, 5.41) is 0. The topological polar surface area (TPSA) is 23.6 Å². The van der Waals surface area contributed by atoms with E-state index in [-0.39, 0.29) is 5.92 Å². The Balaban J connectivity index is 2.58. The molecule has 1 amide bonds. The number of rotatable bonds is 3. The van der Waals surface area contributed by atoms with Gasteiger partial charge in [-0.05, 0) is 13.3 Å². The third kappa shape index (κ3) is 3.20. The van der Waals surface area contributed by atoms with Crippen LogP contribution in [0.4, 0.5) is 0 Å². The standard InChI is InChI=1S/C12H24N2O/c1-5-6-11(3)14-8-7-13(4)12(15)10(2)9-14/h10-11H,5-9H2,1-4H3. The van der Waals surface area contributed by atoms with E-state index in [4.69, 9.17) is 0 Å². The molecule has 3 nitrogen and oxygen atoms in total. The van der Waals surface area contributed by atoms with Crippen molar-refractivity contribution in [3.8, 4) is 0 Å². The molecule has 1 heterocycles. The first-order valence-corrected chi connectivity index (χ1v) is 6.05. The molecular weight excluding hydrogens is 188 g/mol. The van der Waals surface area contributed by atoms with Gasteiger partial charge in [0.2, 0.25) is 5.91 Å². The summed E-state index contributed by atoms with van der Waals surface area (Å²) < 4.78 is 0. The van der Waals surface area contributed by atoms with Crippen LogP contribution in [0.3, 0.4) is 0 Å². The molecule has 2 atom stereocenters. The second kappa shape index (κ2) is 5.50. The van der Waals surface area contributed by atoms with E-state index >= 15 is 0 Å². The van der Waals surface area contributed by atoms with Crippen LogP contribution in [0.1, 0.15) is 33.6 Å². The largest absolute Gasteiger partial charge is 0.344 e. The van der Waals surface area contributed by atoms with Crippen LogP contribution in [-0.2, 0) is 4.79 Å². The molecule has 1 aliphatic rings. The van der Waals surface area contributed by atoms with E-state index in [9.17, 15) is 4.79 Å². The van der Waals surface area contributed by atoms with Crippen molar-refractivity contribution in [3.05, 3.63) is 0 Å². The first-order valence-electron chi connectivity index (χ1n) is 6.05. The Bertz CT molecular complexity index is 218. The minimum Gasteiger partial charge on any atom is -0.344 e. The molecule has 3 heteroatoms. The van der Waals surface area contributed by atoms with Gasteiger partial charge in [0.1, 0.15) is 0 Å². The second-order valence-electron chi connectivity index (χ2n) is 4.79. The zero-order chi connectivity index (χ0) is 11.4. The number of hydrogen-bond acceptors (Lipinski definition) is 2. The highest BCUT2D eigenvalue weighted by Gasteiger charge is 2.26. The summed E-state index contributed by atoms with van der Waals surface area (Å²) in [6.45, 7) is 9.34. The molecular formula is C12H24N2O. The van der Waals surface area contributed by atoms with Crippen molar-refractivity contribution in [2.75, 3.05) is 26.7 Å². The molecule has 15 heavy (non-hydrogen) atoms. The summed E-state index contributed by atoms with van der Waals surface area (Å²) >= 11 is 0. The van der Waals surface area contributed by atoms with Crippen LogP contribution in [0.15, 0.2) is 0 Å². The quantitative estimate of drug-likeness (QED) is 0.709. The maximum absolute atomic E-state index is 11.8. The zero-order valence-corrected chi connectivity index (χ0v) is 10.5. The molecule has 88 valence electrons. The predicted octanol–water partition coefficient (Wildman–Crippen LogP) is 1.59. The third-order valence-corrected chi connectivity index (χ3v) is 3.36. The first-order chi connectivity index (χ1) is 7.06. The molecule has 1 fully saturated rings. The molecule has 0 aliphatic carbocycles. The predicted molar refractivity (Wildman–Crippen MR) is 62.7 cm³/mol. The van der Waals surface area contributed by atoms with Gasteiger partial charge in [0.25, 0.3) is 0 Å². The Labute approximate surface area is 93.4 Å². The molecule has 0 saturated carbocycles. The minimum absolute atomic E-state index is 0.150. The number of likely N-dealkylation sites (N-methyl/N-ethyl adjacent to an activating group) is 1. The molecule has 0 aromatic heterocycles. The Hall–Kier alpha value is -0.570. The van der Waals surface area contributed by atoms with E-state index < -0.39 is 0 Å². The van der Waals surface area contributed by atoms with Crippen molar-refractivity contribution in [2.45, 2.75) is 39.7 Å². The Kier molecular flexibility index (Phi) is 4.58. The Morgan fingerprint density at radius 3 is 2.73 bits per heavy atom. The van der Waals surface area contributed by atoms with Crippen LogP contribution in [0, 0.1) is 5.92 Å². The van der Waals surface area contributed by atoms with E-state index in [0.29, 0.717) is 11.9 Å². The molecule has 0 aromatic rings. The lowest BCUT2D eigenvalue weighted by molar-refractivity contribution is -0.132. The average molecular weight is 212 g/mol. The van der Waals surface area contributed by atoms with Crippen molar-refractivity contribution in [1.29, 1.82) is 0 Å². The Morgan fingerprint density at radius 2 is 2.13 bits per heavy atom. The van der Waals surface area contributed by atoms with Crippen molar-refractivity contribution < 1.29 is 4.79 Å². The van der Waals surface area contributed by atoms with Gasteiger partial charge < -0.3 is 4.90 Å². The molecule has 0 aromatic carbocycles. The number of hydrogen-bond donors (Lipinski definition) is 0. The number of amides is 1. The first kappa shape index (κ1) is 12.5. The molecule has 0 N–H and O–H groups in total. The van der Waals surface area contributed by atoms with E-state index in [1.807, 2.05) is 18.9 Å². The summed E-state index contributed by atoms with van der Waals surface area (Å²) in [5.74, 6) is 0.443. The minimum atomic E-state index is 0.150. The molecule has 1 rings (SSSR count). The Morgan fingerprint density at radius 1 is 1.47 bits per heavy atom. The van der Waals surface area contributed by atoms with Gasteiger partial charge in [0.05, 0.1) is 0 Å². The summed E-state index contributed by atoms with van der Waals surface area (Å²) in [5.41, 5.74) is 0. The van der Waals surface area contributed by atoms with Gasteiger partial charge in [-0.15, -0.1) is 0 Å². The summed E-state index contributed by atoms with van der Waals surface area (Å²) in [4.78, 5) is 16.1. The van der Waals surface area contributed by atoms with Crippen LogP contribution in [0.5, 0.6) is 0 Å². The number of nitrogens with zero attached hydrogens (tertiary/aromatic N) is 2. The smallest absolute Gasteiger partial charge is 0.226 e. The molecule has 0 spiro atoms. The van der Waals surface area contributed by atoms with Gasteiger partial charge in [-0.2, -0.15) is 0 Å². The van der Waals surface area contributed by atoms with Crippen molar-refractivity contribution in [1.82, 2.24) is 9.80 Å². The highest BCUT2D eigenvalue weighted by Crippen LogP contribution is 2.14.